The Morgan fingerprint density at radius 2 is 2.00 bits per heavy atom. The van der Waals surface area contributed by atoms with E-state index in [1.165, 1.54) is 13.1 Å². The second-order valence-corrected chi connectivity index (χ2v) is 5.79. The molecule has 0 aliphatic rings. The summed E-state index contributed by atoms with van der Waals surface area (Å²) in [6.45, 7) is 3.48. The zero-order valence-corrected chi connectivity index (χ0v) is 14.7. The largest absolute Gasteiger partial charge is 0.307 e. The topological polar surface area (TPSA) is 72.7 Å². The molecular weight excluding hydrogens is 333 g/mol. The van der Waals surface area contributed by atoms with Crippen LogP contribution < -0.4 is 5.32 Å². The van der Waals surface area contributed by atoms with Gasteiger partial charge < -0.3 is 5.32 Å². The van der Waals surface area contributed by atoms with Gasteiger partial charge in [-0.2, -0.15) is 5.10 Å². The summed E-state index contributed by atoms with van der Waals surface area (Å²) < 4.78 is 15.3. The van der Waals surface area contributed by atoms with Gasteiger partial charge in [0, 0.05) is 42.3 Å². The Morgan fingerprint density at radius 3 is 2.62 bits per heavy atom. The van der Waals surface area contributed by atoms with Crippen LogP contribution in [0.3, 0.4) is 0 Å². The minimum Gasteiger partial charge on any atom is -0.307 e. The van der Waals surface area contributed by atoms with E-state index >= 15 is 0 Å². The van der Waals surface area contributed by atoms with E-state index in [1.807, 2.05) is 32.3 Å². The number of aryl methyl sites for hydroxylation is 1. The summed E-state index contributed by atoms with van der Waals surface area (Å²) in [5, 5.41) is 6.84. The van der Waals surface area contributed by atoms with Crippen molar-refractivity contribution in [2.75, 3.05) is 5.32 Å². The van der Waals surface area contributed by atoms with E-state index in [0.717, 1.165) is 22.9 Å². The van der Waals surface area contributed by atoms with Crippen molar-refractivity contribution >= 4 is 17.3 Å². The number of hydrogen-bond acceptors (Lipinski definition) is 4. The van der Waals surface area contributed by atoms with E-state index < -0.39 is 11.7 Å². The molecule has 0 aromatic carbocycles. The number of halogens is 1. The first kappa shape index (κ1) is 17.5. The van der Waals surface area contributed by atoms with Crippen molar-refractivity contribution in [1.82, 2.24) is 19.7 Å². The number of rotatable bonds is 4. The summed E-state index contributed by atoms with van der Waals surface area (Å²) >= 11 is 0. The highest BCUT2D eigenvalue weighted by molar-refractivity contribution is 6.04. The zero-order chi connectivity index (χ0) is 18.7. The molecule has 3 aromatic heterocycles. The van der Waals surface area contributed by atoms with Crippen molar-refractivity contribution in [3.8, 4) is 0 Å². The maximum Gasteiger partial charge on any atom is 0.258 e. The number of nitrogens with zero attached hydrogens (tertiary/aromatic N) is 4. The molecule has 132 valence electrons. The number of hydrogen-bond donors (Lipinski definition) is 1. The Hall–Kier alpha value is -3.35. The number of nitrogens with one attached hydrogen (secondary N) is 1. The van der Waals surface area contributed by atoms with Gasteiger partial charge >= 0.3 is 0 Å². The predicted molar refractivity (Wildman–Crippen MR) is 97.1 cm³/mol. The van der Waals surface area contributed by atoms with E-state index in [2.05, 4.69) is 20.4 Å². The normalized spacial score (nSPS) is 11.5. The quantitative estimate of drug-likeness (QED) is 0.782. The molecular formula is C19H18FN5O. The molecule has 3 rings (SSSR count). The van der Waals surface area contributed by atoms with Crippen LogP contribution in [0.25, 0.3) is 5.57 Å². The van der Waals surface area contributed by atoms with E-state index in [0.29, 0.717) is 5.82 Å². The van der Waals surface area contributed by atoms with Gasteiger partial charge in [0.2, 0.25) is 0 Å². The van der Waals surface area contributed by atoms with Crippen LogP contribution in [0.1, 0.15) is 34.0 Å². The third kappa shape index (κ3) is 3.51. The van der Waals surface area contributed by atoms with Gasteiger partial charge in [-0.1, -0.05) is 6.08 Å². The SMILES string of the molecule is C/C=C(/c1ccc(NC(=O)c2cncc(F)c2C)nc1)c1cnn(C)c1. The second-order valence-electron chi connectivity index (χ2n) is 5.79. The first-order valence-corrected chi connectivity index (χ1v) is 8.03. The molecule has 3 heterocycles. The number of amides is 1. The number of anilines is 1. The third-order valence-electron chi connectivity index (χ3n) is 4.02. The third-order valence-corrected chi connectivity index (χ3v) is 4.02. The van der Waals surface area contributed by atoms with E-state index in [9.17, 15) is 9.18 Å². The molecule has 0 bridgehead atoms. The molecule has 3 aromatic rings. The summed E-state index contributed by atoms with van der Waals surface area (Å²) in [4.78, 5) is 20.3. The van der Waals surface area contributed by atoms with Gasteiger partial charge in [0.25, 0.3) is 5.91 Å². The maximum absolute atomic E-state index is 13.6. The summed E-state index contributed by atoms with van der Waals surface area (Å²) in [5.74, 6) is -0.590. The molecule has 6 nitrogen and oxygen atoms in total. The van der Waals surface area contributed by atoms with Gasteiger partial charge in [-0.05, 0) is 31.6 Å². The van der Waals surface area contributed by atoms with Crippen LogP contribution in [0.15, 0.2) is 49.2 Å². The summed E-state index contributed by atoms with van der Waals surface area (Å²) in [5.41, 5.74) is 3.31. The molecule has 7 heteroatoms. The predicted octanol–water partition coefficient (Wildman–Crippen LogP) is 3.36. The van der Waals surface area contributed by atoms with E-state index in [-0.39, 0.29) is 11.1 Å². The van der Waals surface area contributed by atoms with Gasteiger partial charge in [0.15, 0.2) is 0 Å². The fourth-order valence-electron chi connectivity index (χ4n) is 2.60. The number of carbonyl (C=O) groups is 1. The van der Waals surface area contributed by atoms with Gasteiger partial charge in [-0.3, -0.25) is 14.5 Å². The highest BCUT2D eigenvalue weighted by Crippen LogP contribution is 2.23. The molecule has 0 aliphatic heterocycles. The number of aromatic nitrogens is 4. The molecule has 0 saturated carbocycles. The smallest absolute Gasteiger partial charge is 0.258 e. The standard InChI is InChI=1S/C19H18FN5O/c1-4-15(14-8-23-25(3)11-14)13-5-6-18(22-7-13)24-19(26)16-9-21-10-17(20)12(16)2/h4-11H,1-3H3,(H,22,24,26)/b15-4-. The van der Waals surface area contributed by atoms with Crippen molar-refractivity contribution in [1.29, 1.82) is 0 Å². The van der Waals surface area contributed by atoms with Gasteiger partial charge in [-0.15, -0.1) is 0 Å². The Bertz CT molecular complexity index is 976. The molecule has 0 aliphatic carbocycles. The van der Waals surface area contributed by atoms with Crippen LogP contribution in [-0.4, -0.2) is 25.7 Å². The van der Waals surface area contributed by atoms with Crippen LogP contribution in [-0.2, 0) is 7.05 Å². The highest BCUT2D eigenvalue weighted by atomic mass is 19.1. The van der Waals surface area contributed by atoms with E-state index in [1.54, 1.807) is 23.1 Å². The molecule has 0 radical (unpaired) electrons. The zero-order valence-electron chi connectivity index (χ0n) is 14.7. The minimum absolute atomic E-state index is 0.181. The van der Waals surface area contributed by atoms with Crippen molar-refractivity contribution in [3.05, 3.63) is 77.3 Å². The van der Waals surface area contributed by atoms with Gasteiger partial charge in [0.1, 0.15) is 11.6 Å². The van der Waals surface area contributed by atoms with Crippen LogP contribution in [0.5, 0.6) is 0 Å². The minimum atomic E-state index is -0.518. The number of carbonyl (C=O) groups excluding carboxylic acids is 1. The first-order valence-electron chi connectivity index (χ1n) is 8.03. The first-order chi connectivity index (χ1) is 12.5. The second kappa shape index (κ2) is 7.26. The lowest BCUT2D eigenvalue weighted by Gasteiger charge is -2.09. The Labute approximate surface area is 150 Å². The molecule has 0 saturated heterocycles. The number of pyridine rings is 2. The lowest BCUT2D eigenvalue weighted by Crippen LogP contribution is -2.15. The number of allylic oxidation sites excluding steroid dienone is 1. The summed E-state index contributed by atoms with van der Waals surface area (Å²) in [6.07, 6.45) is 9.77. The monoisotopic (exact) mass is 351 g/mol. The van der Waals surface area contributed by atoms with Crippen LogP contribution in [0.2, 0.25) is 0 Å². The van der Waals surface area contributed by atoms with Gasteiger partial charge in [-0.25, -0.2) is 9.37 Å². The Kier molecular flexibility index (Phi) is 4.88. The van der Waals surface area contributed by atoms with Gasteiger partial charge in [0.05, 0.1) is 18.0 Å². The molecule has 26 heavy (non-hydrogen) atoms. The summed E-state index contributed by atoms with van der Waals surface area (Å²) in [6, 6.07) is 3.57. The van der Waals surface area contributed by atoms with Crippen molar-refractivity contribution in [3.63, 3.8) is 0 Å². The molecule has 0 unspecified atom stereocenters. The van der Waals surface area contributed by atoms with Crippen molar-refractivity contribution < 1.29 is 9.18 Å². The fourth-order valence-corrected chi connectivity index (χ4v) is 2.60. The molecule has 0 atom stereocenters. The molecule has 1 N–H and O–H groups in total. The average molecular weight is 351 g/mol. The van der Waals surface area contributed by atoms with Crippen molar-refractivity contribution in [2.45, 2.75) is 13.8 Å². The van der Waals surface area contributed by atoms with Crippen LogP contribution in [0.4, 0.5) is 10.2 Å². The van der Waals surface area contributed by atoms with Crippen LogP contribution in [0, 0.1) is 12.7 Å². The molecule has 1 amide bonds. The summed E-state index contributed by atoms with van der Waals surface area (Å²) in [7, 11) is 1.86. The van der Waals surface area contributed by atoms with Crippen molar-refractivity contribution in [2.24, 2.45) is 7.05 Å². The Balaban J connectivity index is 1.79. The maximum atomic E-state index is 13.6. The van der Waals surface area contributed by atoms with Crippen LogP contribution >= 0.6 is 0 Å². The fraction of sp³-hybridized carbons (Fsp3) is 0.158. The molecule has 0 fully saturated rings. The average Bonchev–Trinajstić information content (AvgIpc) is 3.05. The molecule has 0 spiro atoms. The Morgan fingerprint density at radius 1 is 1.19 bits per heavy atom. The van der Waals surface area contributed by atoms with E-state index in [4.69, 9.17) is 0 Å². The lowest BCUT2D eigenvalue weighted by molar-refractivity contribution is 0.102. The highest BCUT2D eigenvalue weighted by Gasteiger charge is 2.14. The lowest BCUT2D eigenvalue weighted by atomic mass is 10.0.